The Balaban J connectivity index is 1.97. The number of nitrogens with zero attached hydrogens (tertiary/aromatic N) is 1. The van der Waals surface area contributed by atoms with Crippen LogP contribution in [0.3, 0.4) is 0 Å². The molecule has 3 nitrogen and oxygen atoms in total. The summed E-state index contributed by atoms with van der Waals surface area (Å²) in [6.45, 7) is 2.52. The lowest BCUT2D eigenvalue weighted by molar-refractivity contribution is 0.305. The molecule has 1 aliphatic heterocycles. The molecule has 0 aliphatic carbocycles. The van der Waals surface area contributed by atoms with Crippen LogP contribution in [0.2, 0.25) is 5.02 Å². The number of aliphatic imine (C=N–C) groups is 1. The lowest BCUT2D eigenvalue weighted by Crippen LogP contribution is -2.07. The maximum atomic E-state index is 13.8. The first-order valence-corrected chi connectivity index (χ1v) is 7.55. The summed E-state index contributed by atoms with van der Waals surface area (Å²) in [4.78, 5) is 4.31. The van der Waals surface area contributed by atoms with Crippen LogP contribution >= 0.6 is 11.6 Å². The Morgan fingerprint density at radius 3 is 2.70 bits per heavy atom. The fraction of sp³-hybridized carbons (Fsp3) is 0.235. The second-order valence-electron chi connectivity index (χ2n) is 4.97. The van der Waals surface area contributed by atoms with Gasteiger partial charge in [0.05, 0.1) is 6.61 Å². The molecule has 0 bridgehead atoms. The van der Waals surface area contributed by atoms with Gasteiger partial charge in [0.1, 0.15) is 35.6 Å². The van der Waals surface area contributed by atoms with Gasteiger partial charge in [0.2, 0.25) is 5.90 Å². The van der Waals surface area contributed by atoms with Gasteiger partial charge in [0.15, 0.2) is 0 Å². The van der Waals surface area contributed by atoms with Crippen LogP contribution in [0, 0.1) is 11.6 Å². The van der Waals surface area contributed by atoms with Crippen LogP contribution in [0.5, 0.6) is 5.75 Å². The smallest absolute Gasteiger partial charge is 0.222 e. The second-order valence-corrected chi connectivity index (χ2v) is 5.41. The van der Waals surface area contributed by atoms with Crippen LogP contribution in [0.25, 0.3) is 0 Å². The second kappa shape index (κ2) is 6.54. The summed E-state index contributed by atoms with van der Waals surface area (Å²) < 4.78 is 38.7. The van der Waals surface area contributed by atoms with Crippen LogP contribution in [0.4, 0.5) is 8.78 Å². The molecule has 1 aliphatic rings. The fourth-order valence-corrected chi connectivity index (χ4v) is 2.60. The van der Waals surface area contributed by atoms with Crippen LogP contribution < -0.4 is 4.74 Å². The minimum atomic E-state index is -0.703. The number of ether oxygens (including phenoxy) is 2. The number of hydrogen-bond donors (Lipinski definition) is 0. The third-order valence-corrected chi connectivity index (χ3v) is 3.70. The van der Waals surface area contributed by atoms with Gasteiger partial charge in [-0.05, 0) is 31.2 Å². The van der Waals surface area contributed by atoms with Gasteiger partial charge in [-0.1, -0.05) is 23.7 Å². The van der Waals surface area contributed by atoms with Gasteiger partial charge in [-0.2, -0.15) is 0 Å². The number of rotatable bonds is 4. The molecule has 6 heteroatoms. The van der Waals surface area contributed by atoms with Crippen molar-refractivity contribution in [3.8, 4) is 5.75 Å². The molecule has 1 heterocycles. The van der Waals surface area contributed by atoms with Crippen molar-refractivity contribution < 1.29 is 18.3 Å². The fourth-order valence-electron chi connectivity index (χ4n) is 2.44. The van der Waals surface area contributed by atoms with E-state index in [1.165, 1.54) is 18.2 Å². The predicted molar refractivity (Wildman–Crippen MR) is 84.2 cm³/mol. The Hall–Kier alpha value is -2.14. The maximum absolute atomic E-state index is 13.8. The van der Waals surface area contributed by atoms with E-state index in [0.29, 0.717) is 17.4 Å². The number of halogens is 3. The van der Waals surface area contributed by atoms with E-state index < -0.39 is 17.7 Å². The molecule has 2 aromatic rings. The SMILES string of the molecule is CCOc1cc(Cl)ccc1C1COC(c2c(F)cccc2F)=N1. The number of benzene rings is 2. The molecule has 0 saturated carbocycles. The first-order valence-electron chi connectivity index (χ1n) is 7.17. The third-order valence-electron chi connectivity index (χ3n) is 3.46. The molecular formula is C17H14ClF2NO2. The van der Waals surface area contributed by atoms with E-state index in [0.717, 1.165) is 5.56 Å². The minimum Gasteiger partial charge on any atom is -0.493 e. The Kier molecular flexibility index (Phi) is 4.48. The molecule has 120 valence electrons. The highest BCUT2D eigenvalue weighted by molar-refractivity contribution is 6.30. The lowest BCUT2D eigenvalue weighted by Gasteiger charge is -2.12. The van der Waals surface area contributed by atoms with Crippen LogP contribution in [-0.2, 0) is 4.74 Å². The molecule has 2 aromatic carbocycles. The highest BCUT2D eigenvalue weighted by atomic mass is 35.5. The van der Waals surface area contributed by atoms with Crippen molar-refractivity contribution in [3.05, 3.63) is 64.2 Å². The largest absolute Gasteiger partial charge is 0.493 e. The monoisotopic (exact) mass is 337 g/mol. The van der Waals surface area contributed by atoms with Gasteiger partial charge in [0, 0.05) is 10.6 Å². The highest BCUT2D eigenvalue weighted by Crippen LogP contribution is 2.34. The molecule has 1 atom stereocenters. The van der Waals surface area contributed by atoms with Crippen LogP contribution in [0.1, 0.15) is 24.1 Å². The summed E-state index contributed by atoms with van der Waals surface area (Å²) in [6, 6.07) is 8.44. The van der Waals surface area contributed by atoms with E-state index in [4.69, 9.17) is 21.1 Å². The normalized spacial score (nSPS) is 16.9. The number of hydrogen-bond acceptors (Lipinski definition) is 3. The van der Waals surface area contributed by atoms with Crippen molar-refractivity contribution in [2.75, 3.05) is 13.2 Å². The predicted octanol–water partition coefficient (Wildman–Crippen LogP) is 4.54. The lowest BCUT2D eigenvalue weighted by atomic mass is 10.1. The highest BCUT2D eigenvalue weighted by Gasteiger charge is 2.28. The first-order chi connectivity index (χ1) is 11.1. The van der Waals surface area contributed by atoms with E-state index >= 15 is 0 Å². The topological polar surface area (TPSA) is 30.8 Å². The van der Waals surface area contributed by atoms with Gasteiger partial charge in [-0.25, -0.2) is 13.8 Å². The van der Waals surface area contributed by atoms with Gasteiger partial charge >= 0.3 is 0 Å². The van der Waals surface area contributed by atoms with Crippen molar-refractivity contribution in [2.24, 2.45) is 4.99 Å². The molecule has 0 radical (unpaired) electrons. The molecule has 0 aromatic heterocycles. The van der Waals surface area contributed by atoms with Crippen LogP contribution in [-0.4, -0.2) is 19.1 Å². The van der Waals surface area contributed by atoms with E-state index in [1.807, 2.05) is 6.92 Å². The molecule has 1 unspecified atom stereocenters. The van der Waals surface area contributed by atoms with E-state index in [1.54, 1.807) is 18.2 Å². The molecule has 23 heavy (non-hydrogen) atoms. The first kappa shape index (κ1) is 15.7. The van der Waals surface area contributed by atoms with E-state index in [9.17, 15) is 8.78 Å². The Morgan fingerprint density at radius 1 is 1.26 bits per heavy atom. The summed E-state index contributed by atoms with van der Waals surface area (Å²) in [7, 11) is 0. The Morgan fingerprint density at radius 2 is 2.00 bits per heavy atom. The summed E-state index contributed by atoms with van der Waals surface area (Å²) in [6.07, 6.45) is 0. The zero-order valence-electron chi connectivity index (χ0n) is 12.4. The molecule has 0 fully saturated rings. The molecule has 0 saturated heterocycles. The van der Waals surface area contributed by atoms with Crippen molar-refractivity contribution in [2.45, 2.75) is 13.0 Å². The summed E-state index contributed by atoms with van der Waals surface area (Å²) in [5.74, 6) is -0.855. The van der Waals surface area contributed by atoms with Crippen molar-refractivity contribution >= 4 is 17.5 Å². The van der Waals surface area contributed by atoms with Gasteiger partial charge in [-0.15, -0.1) is 0 Å². The standard InChI is InChI=1S/C17H14ClF2NO2/c1-2-22-15-8-10(18)6-7-11(15)14-9-23-17(21-14)16-12(19)4-3-5-13(16)20/h3-8,14H,2,9H2,1H3. The molecule has 0 amide bonds. The van der Waals surface area contributed by atoms with E-state index in [2.05, 4.69) is 4.99 Å². The quantitative estimate of drug-likeness (QED) is 0.820. The average Bonchev–Trinajstić information content (AvgIpc) is 2.97. The van der Waals surface area contributed by atoms with Gasteiger partial charge in [-0.3, -0.25) is 0 Å². The molecular weight excluding hydrogens is 324 g/mol. The van der Waals surface area contributed by atoms with Crippen molar-refractivity contribution in [1.82, 2.24) is 0 Å². The maximum Gasteiger partial charge on any atom is 0.222 e. The molecule has 0 N–H and O–H groups in total. The van der Waals surface area contributed by atoms with Crippen LogP contribution in [0.15, 0.2) is 41.4 Å². The van der Waals surface area contributed by atoms with Gasteiger partial charge < -0.3 is 9.47 Å². The third kappa shape index (κ3) is 3.15. The summed E-state index contributed by atoms with van der Waals surface area (Å²) >= 11 is 5.98. The zero-order chi connectivity index (χ0) is 16.4. The summed E-state index contributed by atoms with van der Waals surface area (Å²) in [5, 5.41) is 0.542. The summed E-state index contributed by atoms with van der Waals surface area (Å²) in [5.41, 5.74) is 0.518. The van der Waals surface area contributed by atoms with Crippen molar-refractivity contribution in [1.29, 1.82) is 0 Å². The zero-order valence-corrected chi connectivity index (χ0v) is 13.1. The molecule has 0 spiro atoms. The Labute approximate surface area is 137 Å². The van der Waals surface area contributed by atoms with E-state index in [-0.39, 0.29) is 18.1 Å². The average molecular weight is 338 g/mol. The van der Waals surface area contributed by atoms with Gasteiger partial charge in [0.25, 0.3) is 0 Å². The van der Waals surface area contributed by atoms with Crippen molar-refractivity contribution in [3.63, 3.8) is 0 Å². The molecule has 3 rings (SSSR count). The minimum absolute atomic E-state index is 0.0389. The Bertz CT molecular complexity index is 744.